The van der Waals surface area contributed by atoms with E-state index in [0.29, 0.717) is 24.5 Å². The van der Waals surface area contributed by atoms with Crippen molar-refractivity contribution in [3.05, 3.63) is 54.0 Å². The summed E-state index contributed by atoms with van der Waals surface area (Å²) in [6.45, 7) is 2.83. The Morgan fingerprint density at radius 3 is 2.55 bits per heavy atom. The van der Waals surface area contributed by atoms with Gasteiger partial charge in [0.25, 0.3) is 0 Å². The fourth-order valence-corrected chi connectivity index (χ4v) is 1.96. The van der Waals surface area contributed by atoms with Gasteiger partial charge in [-0.25, -0.2) is 0 Å². The van der Waals surface area contributed by atoms with E-state index >= 15 is 0 Å². The molecule has 5 heteroatoms. The van der Waals surface area contributed by atoms with Gasteiger partial charge in [0.1, 0.15) is 11.5 Å². The molecule has 2 aromatic rings. The minimum absolute atomic E-state index is 0.0591. The van der Waals surface area contributed by atoms with Crippen LogP contribution in [0.4, 0.5) is 0 Å². The predicted molar refractivity (Wildman–Crippen MR) is 81.7 cm³/mol. The smallest absolute Gasteiger partial charge is 0.220 e. The molecule has 0 aliphatic carbocycles. The number of furan rings is 1. The number of ketones is 1. The first-order chi connectivity index (χ1) is 10.7. The Hall–Kier alpha value is -2.56. The van der Waals surface area contributed by atoms with Crippen LogP contribution in [0.2, 0.25) is 0 Å². The summed E-state index contributed by atoms with van der Waals surface area (Å²) in [5.74, 6) is 1.19. The van der Waals surface area contributed by atoms with Crippen LogP contribution in [-0.4, -0.2) is 18.3 Å². The lowest BCUT2D eigenvalue weighted by atomic mass is 10.1. The lowest BCUT2D eigenvalue weighted by Gasteiger charge is -2.05. The molecule has 0 bridgehead atoms. The van der Waals surface area contributed by atoms with Gasteiger partial charge in [-0.2, -0.15) is 0 Å². The number of carbonyl (C=O) groups excluding carboxylic acids is 2. The number of Topliss-reactive ketones (excluding diaryl/α,β-unsaturated/α-hetero) is 1. The first-order valence-corrected chi connectivity index (χ1v) is 7.24. The molecule has 0 unspecified atom stereocenters. The van der Waals surface area contributed by atoms with E-state index in [1.165, 1.54) is 0 Å². The van der Waals surface area contributed by atoms with Crippen molar-refractivity contribution in [3.8, 4) is 5.75 Å². The van der Waals surface area contributed by atoms with Gasteiger partial charge in [-0.05, 0) is 43.3 Å². The van der Waals surface area contributed by atoms with E-state index in [-0.39, 0.29) is 24.5 Å². The van der Waals surface area contributed by atoms with Crippen LogP contribution in [0.3, 0.4) is 0 Å². The van der Waals surface area contributed by atoms with E-state index < -0.39 is 0 Å². The minimum Gasteiger partial charge on any atom is -0.494 e. The summed E-state index contributed by atoms with van der Waals surface area (Å²) in [5, 5.41) is 2.71. The third-order valence-corrected chi connectivity index (χ3v) is 3.11. The van der Waals surface area contributed by atoms with Crippen LogP contribution >= 0.6 is 0 Å². The molecule has 0 aliphatic heterocycles. The summed E-state index contributed by atoms with van der Waals surface area (Å²) in [5.41, 5.74) is 0.585. The van der Waals surface area contributed by atoms with Crippen LogP contribution in [-0.2, 0) is 11.3 Å². The van der Waals surface area contributed by atoms with Gasteiger partial charge < -0.3 is 14.5 Å². The Balaban J connectivity index is 1.75. The second-order valence-corrected chi connectivity index (χ2v) is 4.74. The van der Waals surface area contributed by atoms with Crippen molar-refractivity contribution in [2.75, 3.05) is 6.61 Å². The van der Waals surface area contributed by atoms with Gasteiger partial charge in [0.15, 0.2) is 5.78 Å². The van der Waals surface area contributed by atoms with Crippen molar-refractivity contribution in [1.82, 2.24) is 5.32 Å². The normalized spacial score (nSPS) is 10.2. The van der Waals surface area contributed by atoms with Crippen molar-refractivity contribution < 1.29 is 18.7 Å². The summed E-state index contributed by atoms with van der Waals surface area (Å²) in [6, 6.07) is 10.5. The SMILES string of the molecule is CCOc1ccc(C(=O)CCC(=O)NCc2ccco2)cc1. The maximum absolute atomic E-state index is 12.0. The van der Waals surface area contributed by atoms with E-state index in [1.54, 1.807) is 42.7 Å². The van der Waals surface area contributed by atoms with Crippen LogP contribution < -0.4 is 10.1 Å². The van der Waals surface area contributed by atoms with E-state index in [0.717, 1.165) is 5.75 Å². The van der Waals surface area contributed by atoms with Gasteiger partial charge in [-0.1, -0.05) is 0 Å². The number of hydrogen-bond acceptors (Lipinski definition) is 4. The summed E-state index contributed by atoms with van der Waals surface area (Å²) in [6.07, 6.45) is 1.89. The highest BCUT2D eigenvalue weighted by Gasteiger charge is 2.10. The Morgan fingerprint density at radius 1 is 1.14 bits per heavy atom. The Morgan fingerprint density at radius 2 is 1.91 bits per heavy atom. The van der Waals surface area contributed by atoms with Gasteiger partial charge in [-0.3, -0.25) is 9.59 Å². The standard InChI is InChI=1S/C17H19NO4/c1-2-21-14-7-5-13(6-8-14)16(19)9-10-17(20)18-12-15-4-3-11-22-15/h3-8,11H,2,9-10,12H2,1H3,(H,18,20). The van der Waals surface area contributed by atoms with E-state index in [9.17, 15) is 9.59 Å². The monoisotopic (exact) mass is 301 g/mol. The number of hydrogen-bond donors (Lipinski definition) is 1. The minimum atomic E-state index is -0.171. The number of nitrogens with one attached hydrogen (secondary N) is 1. The van der Waals surface area contributed by atoms with Gasteiger partial charge in [0.05, 0.1) is 19.4 Å². The second-order valence-electron chi connectivity index (χ2n) is 4.74. The molecule has 0 spiro atoms. The van der Waals surface area contributed by atoms with Crippen LogP contribution in [0, 0.1) is 0 Å². The van der Waals surface area contributed by atoms with E-state index in [2.05, 4.69) is 5.32 Å². The molecule has 0 radical (unpaired) electrons. The maximum Gasteiger partial charge on any atom is 0.220 e. The van der Waals surface area contributed by atoms with Crippen LogP contribution in [0.5, 0.6) is 5.75 Å². The molecular weight excluding hydrogens is 282 g/mol. The van der Waals surface area contributed by atoms with Crippen molar-refractivity contribution in [3.63, 3.8) is 0 Å². The topological polar surface area (TPSA) is 68.5 Å². The molecule has 1 amide bonds. The molecule has 5 nitrogen and oxygen atoms in total. The molecule has 0 fully saturated rings. The predicted octanol–water partition coefficient (Wildman–Crippen LogP) is 2.96. The van der Waals surface area contributed by atoms with Crippen molar-refractivity contribution in [1.29, 1.82) is 0 Å². The van der Waals surface area contributed by atoms with Gasteiger partial charge in [-0.15, -0.1) is 0 Å². The lowest BCUT2D eigenvalue weighted by Crippen LogP contribution is -2.23. The molecule has 22 heavy (non-hydrogen) atoms. The Kier molecular flexibility index (Phi) is 5.77. The highest BCUT2D eigenvalue weighted by atomic mass is 16.5. The largest absolute Gasteiger partial charge is 0.494 e. The Labute approximate surface area is 129 Å². The number of rotatable bonds is 8. The number of amides is 1. The van der Waals surface area contributed by atoms with Crippen molar-refractivity contribution in [2.45, 2.75) is 26.3 Å². The number of benzene rings is 1. The average molecular weight is 301 g/mol. The van der Waals surface area contributed by atoms with Gasteiger partial charge in [0, 0.05) is 18.4 Å². The van der Waals surface area contributed by atoms with Crippen LogP contribution in [0.1, 0.15) is 35.9 Å². The second kappa shape index (κ2) is 8.02. The highest BCUT2D eigenvalue weighted by Crippen LogP contribution is 2.14. The molecule has 2 rings (SSSR count). The van der Waals surface area contributed by atoms with Gasteiger partial charge >= 0.3 is 0 Å². The fraction of sp³-hybridized carbons (Fsp3) is 0.294. The fourth-order valence-electron chi connectivity index (χ4n) is 1.96. The molecule has 1 aromatic heterocycles. The molecule has 0 saturated carbocycles. The molecule has 0 atom stereocenters. The molecule has 1 aromatic carbocycles. The third-order valence-electron chi connectivity index (χ3n) is 3.11. The average Bonchev–Trinajstić information content (AvgIpc) is 3.05. The summed E-state index contributed by atoms with van der Waals surface area (Å²) >= 11 is 0. The van der Waals surface area contributed by atoms with E-state index in [1.807, 2.05) is 6.92 Å². The zero-order valence-electron chi connectivity index (χ0n) is 12.5. The summed E-state index contributed by atoms with van der Waals surface area (Å²) in [7, 11) is 0. The highest BCUT2D eigenvalue weighted by molar-refractivity contribution is 5.98. The van der Waals surface area contributed by atoms with Crippen molar-refractivity contribution in [2.24, 2.45) is 0 Å². The number of carbonyl (C=O) groups is 2. The summed E-state index contributed by atoms with van der Waals surface area (Å²) < 4.78 is 10.4. The first-order valence-electron chi connectivity index (χ1n) is 7.24. The third kappa shape index (κ3) is 4.77. The van der Waals surface area contributed by atoms with Crippen LogP contribution in [0.25, 0.3) is 0 Å². The van der Waals surface area contributed by atoms with Gasteiger partial charge in [0.2, 0.25) is 5.91 Å². The molecule has 0 aliphatic rings. The molecular formula is C17H19NO4. The molecule has 1 heterocycles. The molecule has 116 valence electrons. The Bertz CT molecular complexity index is 602. The van der Waals surface area contributed by atoms with E-state index in [4.69, 9.17) is 9.15 Å². The van der Waals surface area contributed by atoms with Crippen LogP contribution in [0.15, 0.2) is 47.1 Å². The molecule has 0 saturated heterocycles. The molecule has 1 N–H and O–H groups in total. The maximum atomic E-state index is 12.0. The van der Waals surface area contributed by atoms with Crippen molar-refractivity contribution >= 4 is 11.7 Å². The lowest BCUT2D eigenvalue weighted by molar-refractivity contribution is -0.121. The first kappa shape index (κ1) is 15.8. The number of ether oxygens (including phenoxy) is 1. The zero-order valence-corrected chi connectivity index (χ0v) is 12.5. The zero-order chi connectivity index (χ0) is 15.8. The summed E-state index contributed by atoms with van der Waals surface area (Å²) in [4.78, 5) is 23.7. The quantitative estimate of drug-likeness (QED) is 0.761.